The predicted octanol–water partition coefficient (Wildman–Crippen LogP) is 2.40. The Morgan fingerprint density at radius 3 is 3.06 bits per heavy atom. The maximum absolute atomic E-state index is 4.23. The lowest BCUT2D eigenvalue weighted by atomic mass is 9.81. The monoisotopic (exact) mass is 244 g/mol. The Labute approximate surface area is 107 Å². The first-order chi connectivity index (χ1) is 8.83. The van der Waals surface area contributed by atoms with Crippen LogP contribution in [0.5, 0.6) is 0 Å². The van der Waals surface area contributed by atoms with E-state index in [9.17, 15) is 0 Å². The summed E-state index contributed by atoms with van der Waals surface area (Å²) in [5.74, 6) is 1.94. The van der Waals surface area contributed by atoms with Crippen LogP contribution in [0.1, 0.15) is 38.4 Å². The van der Waals surface area contributed by atoms with E-state index in [2.05, 4.69) is 22.4 Å². The number of fused-ring (bicyclic) bond motifs is 1. The molecule has 1 saturated carbocycles. The van der Waals surface area contributed by atoms with Crippen LogP contribution in [0.15, 0.2) is 24.4 Å². The summed E-state index contributed by atoms with van der Waals surface area (Å²) in [4.78, 5) is 0. The van der Waals surface area contributed by atoms with Crippen molar-refractivity contribution < 1.29 is 0 Å². The standard InChI is InChI=1S/C14H20N4/c1-11(9-12-5-4-6-12)15-10-14-17-16-13-7-2-3-8-18(13)14/h2-3,7-8,11-12,15H,4-6,9-10H2,1H3. The number of hydrogen-bond acceptors (Lipinski definition) is 3. The first kappa shape index (κ1) is 11.7. The van der Waals surface area contributed by atoms with Gasteiger partial charge in [0.2, 0.25) is 0 Å². The summed E-state index contributed by atoms with van der Waals surface area (Å²) >= 11 is 0. The summed E-state index contributed by atoms with van der Waals surface area (Å²) in [6.07, 6.45) is 7.56. The van der Waals surface area contributed by atoms with Crippen molar-refractivity contribution in [3.8, 4) is 0 Å². The maximum Gasteiger partial charge on any atom is 0.160 e. The molecular formula is C14H20N4. The smallest absolute Gasteiger partial charge is 0.160 e. The van der Waals surface area contributed by atoms with E-state index in [1.165, 1.54) is 25.7 Å². The molecule has 4 heteroatoms. The quantitative estimate of drug-likeness (QED) is 0.878. The number of nitrogens with zero attached hydrogens (tertiary/aromatic N) is 3. The molecule has 1 unspecified atom stereocenters. The van der Waals surface area contributed by atoms with Crippen molar-refractivity contribution in [3.05, 3.63) is 30.2 Å². The van der Waals surface area contributed by atoms with Crippen LogP contribution in [0.25, 0.3) is 5.65 Å². The van der Waals surface area contributed by atoms with Gasteiger partial charge in [0.1, 0.15) is 0 Å². The third-order valence-electron chi connectivity index (χ3n) is 3.90. The zero-order valence-electron chi connectivity index (χ0n) is 10.8. The molecule has 0 amide bonds. The Morgan fingerprint density at radius 1 is 1.39 bits per heavy atom. The summed E-state index contributed by atoms with van der Waals surface area (Å²) in [5, 5.41) is 11.9. The molecule has 2 heterocycles. The summed E-state index contributed by atoms with van der Waals surface area (Å²) in [6, 6.07) is 6.54. The van der Waals surface area contributed by atoms with Crippen LogP contribution in [0.3, 0.4) is 0 Å². The van der Waals surface area contributed by atoms with Gasteiger partial charge in [-0.15, -0.1) is 10.2 Å². The lowest BCUT2D eigenvalue weighted by Gasteiger charge is -2.28. The first-order valence-corrected chi connectivity index (χ1v) is 6.85. The van der Waals surface area contributed by atoms with E-state index in [0.717, 1.165) is 23.9 Å². The summed E-state index contributed by atoms with van der Waals surface area (Å²) in [6.45, 7) is 3.06. The fraction of sp³-hybridized carbons (Fsp3) is 0.571. The Kier molecular flexibility index (Phi) is 3.28. The molecule has 0 aliphatic heterocycles. The molecule has 0 radical (unpaired) electrons. The van der Waals surface area contributed by atoms with Gasteiger partial charge in [0.05, 0.1) is 6.54 Å². The van der Waals surface area contributed by atoms with Gasteiger partial charge in [-0.2, -0.15) is 0 Å². The number of pyridine rings is 1. The molecule has 18 heavy (non-hydrogen) atoms. The van der Waals surface area contributed by atoms with E-state index < -0.39 is 0 Å². The summed E-state index contributed by atoms with van der Waals surface area (Å²) < 4.78 is 2.04. The zero-order chi connectivity index (χ0) is 12.4. The van der Waals surface area contributed by atoms with Gasteiger partial charge in [0.15, 0.2) is 11.5 Å². The van der Waals surface area contributed by atoms with Gasteiger partial charge in [0, 0.05) is 12.2 Å². The highest BCUT2D eigenvalue weighted by Crippen LogP contribution is 2.30. The minimum absolute atomic E-state index is 0.561. The third-order valence-corrected chi connectivity index (χ3v) is 3.90. The molecule has 4 nitrogen and oxygen atoms in total. The van der Waals surface area contributed by atoms with Crippen LogP contribution >= 0.6 is 0 Å². The van der Waals surface area contributed by atoms with Gasteiger partial charge < -0.3 is 5.32 Å². The second-order valence-electron chi connectivity index (χ2n) is 5.36. The van der Waals surface area contributed by atoms with E-state index in [0.29, 0.717) is 6.04 Å². The van der Waals surface area contributed by atoms with Gasteiger partial charge in [-0.1, -0.05) is 25.3 Å². The van der Waals surface area contributed by atoms with E-state index in [1.807, 2.05) is 28.8 Å². The average Bonchev–Trinajstić information content (AvgIpc) is 2.75. The largest absolute Gasteiger partial charge is 0.307 e. The molecule has 0 bridgehead atoms. The zero-order valence-corrected chi connectivity index (χ0v) is 10.8. The fourth-order valence-electron chi connectivity index (χ4n) is 2.59. The van der Waals surface area contributed by atoms with Crippen molar-refractivity contribution in [3.63, 3.8) is 0 Å². The van der Waals surface area contributed by atoms with Gasteiger partial charge >= 0.3 is 0 Å². The van der Waals surface area contributed by atoms with E-state index >= 15 is 0 Å². The van der Waals surface area contributed by atoms with Gasteiger partial charge in [-0.3, -0.25) is 4.40 Å². The summed E-state index contributed by atoms with van der Waals surface area (Å²) in [7, 11) is 0. The van der Waals surface area contributed by atoms with E-state index in [-0.39, 0.29) is 0 Å². The van der Waals surface area contributed by atoms with Crippen molar-refractivity contribution in [2.75, 3.05) is 0 Å². The molecular weight excluding hydrogens is 224 g/mol. The molecule has 1 aliphatic rings. The van der Waals surface area contributed by atoms with Crippen molar-refractivity contribution in [2.24, 2.45) is 5.92 Å². The van der Waals surface area contributed by atoms with Gasteiger partial charge in [-0.25, -0.2) is 0 Å². The van der Waals surface area contributed by atoms with Crippen molar-refractivity contribution in [1.82, 2.24) is 19.9 Å². The first-order valence-electron chi connectivity index (χ1n) is 6.85. The topological polar surface area (TPSA) is 42.2 Å². The highest BCUT2D eigenvalue weighted by Gasteiger charge is 2.19. The molecule has 2 aromatic heterocycles. The molecule has 1 N–H and O–H groups in total. The molecule has 0 saturated heterocycles. The normalized spacial score (nSPS) is 17.8. The van der Waals surface area contributed by atoms with Crippen LogP contribution in [0.2, 0.25) is 0 Å². The third kappa shape index (κ3) is 2.38. The molecule has 0 aromatic carbocycles. The Bertz CT molecular complexity index is 515. The van der Waals surface area contributed by atoms with Crippen LogP contribution < -0.4 is 5.32 Å². The van der Waals surface area contributed by atoms with Crippen molar-refractivity contribution in [2.45, 2.75) is 45.2 Å². The number of nitrogens with one attached hydrogen (secondary N) is 1. The highest BCUT2D eigenvalue weighted by atomic mass is 15.3. The lowest BCUT2D eigenvalue weighted by Crippen LogP contribution is -2.30. The number of hydrogen-bond donors (Lipinski definition) is 1. The predicted molar refractivity (Wildman–Crippen MR) is 71.2 cm³/mol. The van der Waals surface area contributed by atoms with Gasteiger partial charge in [0.25, 0.3) is 0 Å². The summed E-state index contributed by atoms with van der Waals surface area (Å²) in [5.41, 5.74) is 0.918. The second-order valence-corrected chi connectivity index (χ2v) is 5.36. The molecule has 1 aliphatic carbocycles. The van der Waals surface area contributed by atoms with Crippen LogP contribution in [0, 0.1) is 5.92 Å². The van der Waals surface area contributed by atoms with Gasteiger partial charge in [-0.05, 0) is 31.4 Å². The lowest BCUT2D eigenvalue weighted by molar-refractivity contribution is 0.265. The van der Waals surface area contributed by atoms with Crippen LogP contribution in [-0.2, 0) is 6.54 Å². The Hall–Kier alpha value is -1.42. The second kappa shape index (κ2) is 5.06. The Morgan fingerprint density at radius 2 is 2.28 bits per heavy atom. The minimum Gasteiger partial charge on any atom is -0.307 e. The molecule has 1 fully saturated rings. The molecule has 3 rings (SSSR count). The molecule has 96 valence electrons. The van der Waals surface area contributed by atoms with Crippen LogP contribution in [0.4, 0.5) is 0 Å². The van der Waals surface area contributed by atoms with E-state index in [4.69, 9.17) is 0 Å². The number of rotatable bonds is 5. The maximum atomic E-state index is 4.23. The molecule has 0 spiro atoms. The highest BCUT2D eigenvalue weighted by molar-refractivity contribution is 5.36. The minimum atomic E-state index is 0.561. The van der Waals surface area contributed by atoms with Crippen LogP contribution in [-0.4, -0.2) is 20.6 Å². The molecule has 2 aromatic rings. The number of aromatic nitrogens is 3. The Balaban J connectivity index is 1.58. The van der Waals surface area contributed by atoms with Crippen molar-refractivity contribution >= 4 is 5.65 Å². The SMILES string of the molecule is CC(CC1CCC1)NCc1nnc2ccccn12. The van der Waals surface area contributed by atoms with E-state index in [1.54, 1.807) is 0 Å². The molecule has 1 atom stereocenters. The average molecular weight is 244 g/mol. The fourth-order valence-corrected chi connectivity index (χ4v) is 2.59. The van der Waals surface area contributed by atoms with Crippen molar-refractivity contribution in [1.29, 1.82) is 0 Å².